The lowest BCUT2D eigenvalue weighted by Crippen LogP contribution is -2.58. The van der Waals surface area contributed by atoms with Crippen molar-refractivity contribution in [2.45, 2.75) is 117 Å². The van der Waals surface area contributed by atoms with Crippen molar-refractivity contribution in [2.75, 3.05) is 13.2 Å². The molecule has 9 rings (SSSR count). The molecule has 4 N–H and O–H groups in total. The molecular weight excluding hydrogens is 970 g/mol. The summed E-state index contributed by atoms with van der Waals surface area (Å²) in [4.78, 5) is 71.4. The Hall–Kier alpha value is -6.96. The highest BCUT2D eigenvalue weighted by molar-refractivity contribution is 7.15. The van der Waals surface area contributed by atoms with E-state index in [1.807, 2.05) is 106 Å². The number of aromatic nitrogens is 6. The van der Waals surface area contributed by atoms with E-state index >= 15 is 0 Å². The second-order valence-corrected chi connectivity index (χ2v) is 21.8. The Morgan fingerprint density at radius 2 is 1.64 bits per heavy atom. The molecule has 2 aliphatic heterocycles. The molecule has 20 heteroatoms. The maximum Gasteiger partial charge on any atom is 0.258 e. The maximum absolute atomic E-state index is 14.2. The number of aliphatic hydroxyl groups excluding tert-OH is 1. The van der Waals surface area contributed by atoms with E-state index < -0.39 is 54.0 Å². The number of hydrogen-bond donors (Lipinski definition) is 4. The normalized spacial score (nSPS) is 20.1. The molecule has 6 heterocycles. The van der Waals surface area contributed by atoms with E-state index in [2.05, 4.69) is 50.0 Å². The molecule has 3 aliphatic rings. The topological polar surface area (TPSA) is 220 Å². The van der Waals surface area contributed by atoms with Gasteiger partial charge in [0.1, 0.15) is 46.6 Å². The summed E-state index contributed by atoms with van der Waals surface area (Å²) in [7, 11) is 1.92. The number of benzene rings is 2. The minimum Gasteiger partial charge on any atom is -0.482 e. The van der Waals surface area contributed by atoms with E-state index in [1.165, 1.54) is 11.1 Å². The van der Waals surface area contributed by atoms with Crippen LogP contribution in [0.3, 0.4) is 0 Å². The molecule has 18 nitrogen and oxygen atoms in total. The minimum absolute atomic E-state index is 0.0516. The average Bonchev–Trinajstić information content (AvgIpc) is 4.11. The van der Waals surface area contributed by atoms with Crippen molar-refractivity contribution in [3.05, 3.63) is 123 Å². The number of pyridine rings is 1. The molecule has 2 fully saturated rings. The number of fused-ring (bicyclic) bond motifs is 3. The van der Waals surface area contributed by atoms with E-state index in [4.69, 9.17) is 26.1 Å². The average molecular weight is 1030 g/mol. The van der Waals surface area contributed by atoms with Crippen LogP contribution in [0.25, 0.3) is 16.4 Å². The van der Waals surface area contributed by atoms with Gasteiger partial charge in [0.05, 0.1) is 30.5 Å². The Morgan fingerprint density at radius 1 is 0.918 bits per heavy atom. The molecule has 1 saturated carbocycles. The molecule has 2 aromatic carbocycles. The van der Waals surface area contributed by atoms with Crippen LogP contribution in [0, 0.1) is 26.2 Å². The van der Waals surface area contributed by atoms with Gasteiger partial charge in [-0.2, -0.15) is 0 Å². The molecule has 1 unspecified atom stereocenters. The summed E-state index contributed by atoms with van der Waals surface area (Å²) in [5.41, 5.74) is 4.84. The second kappa shape index (κ2) is 20.9. The zero-order valence-corrected chi connectivity index (χ0v) is 43.6. The number of rotatable bonds is 15. The van der Waals surface area contributed by atoms with Gasteiger partial charge in [0.15, 0.2) is 12.4 Å². The summed E-state index contributed by atoms with van der Waals surface area (Å²) in [6.45, 7) is 12.9. The lowest BCUT2D eigenvalue weighted by molar-refractivity contribution is -0.144. The van der Waals surface area contributed by atoms with E-state index in [0.717, 1.165) is 55.1 Å². The standard InChI is InChI=1S/C53H60ClN11O7S/c1-28-30(3)73-52-45(28)46(33-13-15-35(54)16-14-33)59-40(49-62-61-31(4)65(49)52)24-42(67)58-36-21-39(22-36)72-44-18-17-38(25-56-44)71-27-43(68)60-47(53(5,6)7)51(70)64-26-37(66)23-41(64)50(69)57-29(2)32-9-11-34(12-10-32)48-55-19-20-63(48)8/h9-20,25,29,36-37,39-41,47,66H,21-24,26-27H2,1-8H3,(H,57,69)(H,58,67)(H,60,68)/t29-,36?,37+,39?,40-,41-,47?/m0/s1. The number of imidazole rings is 1. The van der Waals surface area contributed by atoms with E-state index in [9.17, 15) is 24.3 Å². The van der Waals surface area contributed by atoms with Gasteiger partial charge in [0.2, 0.25) is 23.6 Å². The molecule has 382 valence electrons. The van der Waals surface area contributed by atoms with Gasteiger partial charge in [-0.05, 0) is 62.4 Å². The third-order valence-electron chi connectivity index (χ3n) is 13.7. The van der Waals surface area contributed by atoms with Crippen LogP contribution in [0.5, 0.6) is 11.6 Å². The number of likely N-dealkylation sites (tertiary alicyclic amines) is 1. The first-order chi connectivity index (χ1) is 34.8. The number of halogens is 1. The van der Waals surface area contributed by atoms with E-state index in [-0.39, 0.29) is 43.5 Å². The van der Waals surface area contributed by atoms with Crippen LogP contribution in [0.1, 0.15) is 104 Å². The van der Waals surface area contributed by atoms with Crippen molar-refractivity contribution >= 4 is 52.3 Å². The number of aliphatic hydroxyl groups is 1. The fraction of sp³-hybridized carbons (Fsp3) is 0.415. The van der Waals surface area contributed by atoms with E-state index in [1.54, 1.807) is 29.7 Å². The van der Waals surface area contributed by atoms with Gasteiger partial charge in [0.25, 0.3) is 5.91 Å². The fourth-order valence-electron chi connectivity index (χ4n) is 9.50. The van der Waals surface area contributed by atoms with Crippen LogP contribution in [-0.4, -0.2) is 112 Å². The molecule has 73 heavy (non-hydrogen) atoms. The summed E-state index contributed by atoms with van der Waals surface area (Å²) in [5, 5.41) is 30.2. The summed E-state index contributed by atoms with van der Waals surface area (Å²) in [6, 6.07) is 15.5. The van der Waals surface area contributed by atoms with Crippen LogP contribution >= 0.6 is 22.9 Å². The molecule has 1 aliphatic carbocycles. The van der Waals surface area contributed by atoms with Gasteiger partial charge >= 0.3 is 0 Å². The zero-order chi connectivity index (χ0) is 51.9. The maximum atomic E-state index is 14.2. The zero-order valence-electron chi connectivity index (χ0n) is 42.1. The molecule has 6 aromatic rings. The summed E-state index contributed by atoms with van der Waals surface area (Å²) in [6.07, 6.45) is 5.26. The van der Waals surface area contributed by atoms with Crippen LogP contribution in [0.4, 0.5) is 0 Å². The van der Waals surface area contributed by atoms with Crippen molar-refractivity contribution in [1.29, 1.82) is 0 Å². The molecule has 0 spiro atoms. The summed E-state index contributed by atoms with van der Waals surface area (Å²) >= 11 is 7.92. The third kappa shape index (κ3) is 11.0. The highest BCUT2D eigenvalue weighted by Gasteiger charge is 2.45. The Morgan fingerprint density at radius 3 is 2.32 bits per heavy atom. The van der Waals surface area contributed by atoms with Crippen molar-refractivity contribution in [1.82, 2.24) is 50.1 Å². The van der Waals surface area contributed by atoms with Crippen LogP contribution in [-0.2, 0) is 26.2 Å². The largest absolute Gasteiger partial charge is 0.482 e. The van der Waals surface area contributed by atoms with Crippen LogP contribution in [0.2, 0.25) is 5.02 Å². The van der Waals surface area contributed by atoms with Crippen molar-refractivity contribution in [3.8, 4) is 28.0 Å². The van der Waals surface area contributed by atoms with Gasteiger partial charge in [-0.1, -0.05) is 68.8 Å². The number of amides is 4. The highest BCUT2D eigenvalue weighted by atomic mass is 35.5. The Labute approximate surface area is 432 Å². The number of nitrogens with one attached hydrogen (secondary N) is 3. The van der Waals surface area contributed by atoms with Crippen LogP contribution < -0.4 is 25.4 Å². The first kappa shape index (κ1) is 51.0. The summed E-state index contributed by atoms with van der Waals surface area (Å²) in [5.74, 6) is 1.23. The van der Waals surface area contributed by atoms with Crippen molar-refractivity contribution < 1.29 is 33.8 Å². The fourth-order valence-corrected chi connectivity index (χ4v) is 10.8. The van der Waals surface area contributed by atoms with E-state index in [0.29, 0.717) is 35.3 Å². The first-order valence-electron chi connectivity index (χ1n) is 24.4. The number of β-amino-alcohol motifs (C(OH)–C–C–N with tert-alkyl or cyclic N) is 1. The van der Waals surface area contributed by atoms with Crippen molar-refractivity contribution in [3.63, 3.8) is 0 Å². The lowest BCUT2D eigenvalue weighted by Gasteiger charge is -2.35. The SMILES string of the molecule is Cc1sc2c(c1C)C(c1ccc(Cl)cc1)=N[C@@H](CC(=O)NC1CC(Oc3ccc(OCC(=O)NC(C(=O)N4C[C@H](O)C[C@H]4C(=O)N[C@@H](C)c4ccc(-c5nccn5C)cc4)C(C)(C)C)cn3)C1)c1nnc(C)n1-2. The summed E-state index contributed by atoms with van der Waals surface area (Å²) < 4.78 is 15.8. The Bertz CT molecular complexity index is 3050. The smallest absolute Gasteiger partial charge is 0.258 e. The number of hydrogen-bond acceptors (Lipinski definition) is 13. The number of aryl methyl sites for hydroxylation is 3. The monoisotopic (exact) mass is 1030 g/mol. The number of carbonyl (C=O) groups is 4. The van der Waals surface area contributed by atoms with Gasteiger partial charge < -0.3 is 40.0 Å². The molecule has 1 saturated heterocycles. The lowest BCUT2D eigenvalue weighted by atomic mass is 9.85. The highest BCUT2D eigenvalue weighted by Crippen LogP contribution is 2.40. The quantitative estimate of drug-likeness (QED) is 0.0875. The Balaban J connectivity index is 0.750. The molecular formula is C53H60ClN11O7S. The minimum atomic E-state index is -1.03. The predicted molar refractivity (Wildman–Crippen MR) is 276 cm³/mol. The first-order valence-corrected chi connectivity index (χ1v) is 25.6. The molecule has 4 amide bonds. The molecule has 5 atom stereocenters. The van der Waals surface area contributed by atoms with Crippen molar-refractivity contribution in [2.24, 2.45) is 17.5 Å². The second-order valence-electron chi connectivity index (χ2n) is 20.2. The number of ether oxygens (including phenoxy) is 2. The number of nitrogens with zero attached hydrogens (tertiary/aromatic N) is 8. The van der Waals surface area contributed by atoms with Crippen LogP contribution in [0.15, 0.2) is 84.2 Å². The number of thiophene rings is 1. The van der Waals surface area contributed by atoms with Gasteiger partial charge in [-0.25, -0.2) is 9.97 Å². The number of carbonyl (C=O) groups excluding carboxylic acids is 4. The van der Waals surface area contributed by atoms with Gasteiger partial charge in [0, 0.05) is 83.9 Å². The molecule has 4 aromatic heterocycles. The van der Waals surface area contributed by atoms with Gasteiger partial charge in [-0.3, -0.25) is 28.7 Å². The number of aliphatic imine (C=N–C) groups is 1. The molecule has 0 bridgehead atoms. The van der Waals surface area contributed by atoms with Gasteiger partial charge in [-0.15, -0.1) is 21.5 Å². The predicted octanol–water partition coefficient (Wildman–Crippen LogP) is 6.46. The Kier molecular flexibility index (Phi) is 14.6. The third-order valence-corrected chi connectivity index (χ3v) is 15.1. The molecule has 0 radical (unpaired) electrons.